The van der Waals surface area contributed by atoms with Crippen molar-refractivity contribution in [2.75, 3.05) is 0 Å². The van der Waals surface area contributed by atoms with Crippen LogP contribution >= 0.6 is 15.9 Å². The van der Waals surface area contributed by atoms with E-state index < -0.39 is 0 Å². The Morgan fingerprint density at radius 1 is 0.536 bits per heavy atom. The van der Waals surface area contributed by atoms with E-state index in [9.17, 15) is 0 Å². The van der Waals surface area contributed by atoms with Gasteiger partial charge in [0.15, 0.2) is 0 Å². The summed E-state index contributed by atoms with van der Waals surface area (Å²) in [6, 6.07) is 34.7. The van der Waals surface area contributed by atoms with Crippen molar-refractivity contribution < 1.29 is 0 Å². The lowest BCUT2D eigenvalue weighted by Gasteiger charge is -2.09. The molecule has 28 heavy (non-hydrogen) atoms. The first-order valence-corrected chi connectivity index (χ1v) is 10.2. The summed E-state index contributed by atoms with van der Waals surface area (Å²) in [5.41, 5.74) is 3.64. The van der Waals surface area contributed by atoms with E-state index in [0.29, 0.717) is 0 Å². The number of para-hydroxylation sites is 1. The quantitative estimate of drug-likeness (QED) is 0.254. The summed E-state index contributed by atoms with van der Waals surface area (Å²) in [5, 5.41) is 7.73. The number of aromatic nitrogens is 1. The van der Waals surface area contributed by atoms with Gasteiger partial charge in [0.25, 0.3) is 0 Å². The molecule has 0 saturated carbocycles. The molecule has 1 heterocycles. The van der Waals surface area contributed by atoms with Crippen molar-refractivity contribution in [2.45, 2.75) is 0 Å². The third-order valence-corrected chi connectivity index (χ3v) is 6.28. The van der Waals surface area contributed by atoms with Gasteiger partial charge in [-0.3, -0.25) is 0 Å². The maximum atomic E-state index is 3.82. The molecular formula is C26H16BrN. The van der Waals surface area contributed by atoms with E-state index in [1.54, 1.807) is 0 Å². The number of halogens is 1. The molecule has 0 spiro atoms. The third-order valence-electron chi connectivity index (χ3n) is 5.63. The topological polar surface area (TPSA) is 4.93 Å². The van der Waals surface area contributed by atoms with Crippen LogP contribution in [0.2, 0.25) is 0 Å². The van der Waals surface area contributed by atoms with Crippen LogP contribution in [0.3, 0.4) is 0 Å². The summed E-state index contributed by atoms with van der Waals surface area (Å²) in [7, 11) is 0. The molecule has 2 heteroatoms. The molecule has 0 fully saturated rings. The van der Waals surface area contributed by atoms with E-state index in [-0.39, 0.29) is 0 Å². The van der Waals surface area contributed by atoms with Gasteiger partial charge in [-0.05, 0) is 45.8 Å². The van der Waals surface area contributed by atoms with E-state index in [4.69, 9.17) is 0 Å². The SMILES string of the molecule is Brc1cc2c(c3ccccc13)c1c3ccccc3ccc1n2-c1ccccc1. The van der Waals surface area contributed by atoms with E-state index >= 15 is 0 Å². The highest BCUT2D eigenvalue weighted by molar-refractivity contribution is 9.10. The van der Waals surface area contributed by atoms with Crippen molar-refractivity contribution in [1.82, 2.24) is 4.57 Å². The van der Waals surface area contributed by atoms with Crippen LogP contribution in [0.5, 0.6) is 0 Å². The van der Waals surface area contributed by atoms with Gasteiger partial charge < -0.3 is 4.57 Å². The minimum atomic E-state index is 1.12. The lowest BCUT2D eigenvalue weighted by Crippen LogP contribution is -1.93. The number of hydrogen-bond donors (Lipinski definition) is 0. The average molecular weight is 422 g/mol. The Labute approximate surface area is 171 Å². The van der Waals surface area contributed by atoms with Crippen LogP contribution in [-0.4, -0.2) is 4.57 Å². The van der Waals surface area contributed by atoms with Crippen LogP contribution in [0.1, 0.15) is 0 Å². The van der Waals surface area contributed by atoms with Crippen molar-refractivity contribution >= 4 is 59.3 Å². The Bertz CT molecular complexity index is 1510. The normalized spacial score (nSPS) is 11.8. The molecule has 0 saturated heterocycles. The van der Waals surface area contributed by atoms with E-state index in [1.807, 2.05) is 0 Å². The molecular weight excluding hydrogens is 406 g/mol. The molecule has 0 N–H and O–H groups in total. The molecule has 0 unspecified atom stereocenters. The van der Waals surface area contributed by atoms with E-state index in [2.05, 4.69) is 118 Å². The highest BCUT2D eigenvalue weighted by Gasteiger charge is 2.18. The summed E-state index contributed by atoms with van der Waals surface area (Å²) >= 11 is 3.82. The van der Waals surface area contributed by atoms with Gasteiger partial charge in [0.05, 0.1) is 11.0 Å². The molecule has 5 aromatic carbocycles. The highest BCUT2D eigenvalue weighted by atomic mass is 79.9. The van der Waals surface area contributed by atoms with Gasteiger partial charge in [-0.25, -0.2) is 0 Å². The Morgan fingerprint density at radius 3 is 2.00 bits per heavy atom. The van der Waals surface area contributed by atoms with Crippen LogP contribution in [0.4, 0.5) is 0 Å². The van der Waals surface area contributed by atoms with Crippen LogP contribution in [0.25, 0.3) is 49.0 Å². The molecule has 1 nitrogen and oxygen atoms in total. The third kappa shape index (κ3) is 2.12. The number of hydrogen-bond acceptors (Lipinski definition) is 0. The number of nitrogens with zero attached hydrogens (tertiary/aromatic N) is 1. The largest absolute Gasteiger partial charge is 0.309 e. The standard InChI is InChI=1S/C26H16BrN/c27-22-16-24-26(21-13-7-6-12-20(21)22)25-19-11-5-4-8-17(19)14-15-23(25)28(24)18-9-2-1-3-10-18/h1-16H. The number of benzene rings is 5. The molecule has 0 aliphatic rings. The second kappa shape index (κ2) is 5.95. The highest BCUT2D eigenvalue weighted by Crippen LogP contribution is 2.42. The first-order chi connectivity index (χ1) is 13.8. The second-order valence-corrected chi connectivity index (χ2v) is 8.00. The second-order valence-electron chi connectivity index (χ2n) is 7.15. The maximum absolute atomic E-state index is 3.82. The van der Waals surface area contributed by atoms with E-state index in [0.717, 1.165) is 4.47 Å². The van der Waals surface area contributed by atoms with Crippen LogP contribution < -0.4 is 0 Å². The van der Waals surface area contributed by atoms with Gasteiger partial charge in [0, 0.05) is 20.9 Å². The average Bonchev–Trinajstić information content (AvgIpc) is 3.09. The molecule has 0 bridgehead atoms. The zero-order chi connectivity index (χ0) is 18.7. The zero-order valence-electron chi connectivity index (χ0n) is 15.1. The Balaban J connectivity index is 1.98. The van der Waals surface area contributed by atoms with Gasteiger partial charge >= 0.3 is 0 Å². The Kier molecular flexibility index (Phi) is 3.38. The van der Waals surface area contributed by atoms with Crippen LogP contribution in [-0.2, 0) is 0 Å². The first kappa shape index (κ1) is 15.9. The molecule has 132 valence electrons. The minimum Gasteiger partial charge on any atom is -0.309 e. The van der Waals surface area contributed by atoms with Crippen LogP contribution in [0, 0.1) is 0 Å². The lowest BCUT2D eigenvalue weighted by molar-refractivity contribution is 1.18. The molecule has 0 amide bonds. The van der Waals surface area contributed by atoms with Gasteiger partial charge in [-0.2, -0.15) is 0 Å². The van der Waals surface area contributed by atoms with Crippen molar-refractivity contribution in [3.63, 3.8) is 0 Å². The monoisotopic (exact) mass is 421 g/mol. The summed E-state index contributed by atoms with van der Waals surface area (Å²) in [4.78, 5) is 0. The molecule has 6 rings (SSSR count). The molecule has 0 atom stereocenters. The summed E-state index contributed by atoms with van der Waals surface area (Å²) in [6.45, 7) is 0. The summed E-state index contributed by atoms with van der Waals surface area (Å²) in [6.07, 6.45) is 0. The number of fused-ring (bicyclic) bond motifs is 7. The molecule has 0 radical (unpaired) electrons. The van der Waals surface area contributed by atoms with Crippen molar-refractivity contribution in [1.29, 1.82) is 0 Å². The lowest BCUT2D eigenvalue weighted by atomic mass is 10.00. The zero-order valence-corrected chi connectivity index (χ0v) is 16.6. The molecule has 0 aliphatic heterocycles. The van der Waals surface area contributed by atoms with Crippen LogP contribution in [0.15, 0.2) is 102 Å². The van der Waals surface area contributed by atoms with Crippen molar-refractivity contribution in [2.24, 2.45) is 0 Å². The Morgan fingerprint density at radius 2 is 1.18 bits per heavy atom. The predicted molar refractivity (Wildman–Crippen MR) is 123 cm³/mol. The van der Waals surface area contributed by atoms with Gasteiger partial charge in [0.1, 0.15) is 0 Å². The van der Waals surface area contributed by atoms with Crippen molar-refractivity contribution in [3.05, 3.63) is 102 Å². The molecule has 0 aliphatic carbocycles. The fourth-order valence-electron chi connectivity index (χ4n) is 4.45. The van der Waals surface area contributed by atoms with E-state index in [1.165, 1.54) is 49.0 Å². The van der Waals surface area contributed by atoms with Crippen molar-refractivity contribution in [3.8, 4) is 5.69 Å². The maximum Gasteiger partial charge on any atom is 0.0559 e. The minimum absolute atomic E-state index is 1.12. The van der Waals surface area contributed by atoms with Gasteiger partial charge in [-0.1, -0.05) is 88.7 Å². The Hall–Kier alpha value is -3.10. The smallest absolute Gasteiger partial charge is 0.0559 e. The predicted octanol–water partition coefficient (Wildman–Crippen LogP) is 7.85. The number of rotatable bonds is 1. The fourth-order valence-corrected chi connectivity index (χ4v) is 5.01. The summed E-state index contributed by atoms with van der Waals surface area (Å²) in [5.74, 6) is 0. The molecule has 6 aromatic rings. The van der Waals surface area contributed by atoms with Gasteiger partial charge in [0.2, 0.25) is 0 Å². The molecule has 1 aromatic heterocycles. The summed E-state index contributed by atoms with van der Waals surface area (Å²) < 4.78 is 3.51. The fraction of sp³-hybridized carbons (Fsp3) is 0. The van der Waals surface area contributed by atoms with Gasteiger partial charge in [-0.15, -0.1) is 0 Å². The first-order valence-electron chi connectivity index (χ1n) is 9.41.